The largest absolute Gasteiger partial charge is 0.364 e. The van der Waals surface area contributed by atoms with E-state index in [2.05, 4.69) is 0 Å². The Bertz CT molecular complexity index is 205. The highest BCUT2D eigenvalue weighted by atomic mass is 16.7. The van der Waals surface area contributed by atoms with Gasteiger partial charge in [0.15, 0.2) is 0 Å². The lowest BCUT2D eigenvalue weighted by Gasteiger charge is -2.13. The summed E-state index contributed by atoms with van der Waals surface area (Å²) in [5, 5.41) is 1.75. The number of hydroxylamine groups is 2. The minimum atomic E-state index is -0.205. The Morgan fingerprint density at radius 2 is 2.08 bits per heavy atom. The number of allylic oxidation sites excluding steroid dienone is 1. The summed E-state index contributed by atoms with van der Waals surface area (Å²) in [5.74, 6) is -0.205. The van der Waals surface area contributed by atoms with Gasteiger partial charge in [-0.25, -0.2) is 4.79 Å². The highest BCUT2D eigenvalue weighted by Crippen LogP contribution is 2.09. The normalized spacial score (nSPS) is 19.1. The first-order valence-corrected chi connectivity index (χ1v) is 4.88. The van der Waals surface area contributed by atoms with Crippen molar-refractivity contribution in [3.8, 4) is 0 Å². The Labute approximate surface area is 79.3 Å². The molecule has 1 rings (SSSR count). The summed E-state index contributed by atoms with van der Waals surface area (Å²) in [5.41, 5.74) is 0.703. The van der Waals surface area contributed by atoms with Gasteiger partial charge in [0.1, 0.15) is 0 Å². The minimum absolute atomic E-state index is 0.205. The summed E-state index contributed by atoms with van der Waals surface area (Å²) in [7, 11) is 0. The van der Waals surface area contributed by atoms with Crippen molar-refractivity contribution >= 4 is 5.97 Å². The van der Waals surface area contributed by atoms with Gasteiger partial charge in [0.2, 0.25) is 0 Å². The Morgan fingerprint density at radius 3 is 2.62 bits per heavy atom. The lowest BCUT2D eigenvalue weighted by molar-refractivity contribution is -0.180. The molecule has 3 nitrogen and oxygen atoms in total. The number of carbonyl (C=O) groups excluding carboxylic acids is 1. The van der Waals surface area contributed by atoms with E-state index in [9.17, 15) is 4.79 Å². The van der Waals surface area contributed by atoms with Crippen molar-refractivity contribution in [2.24, 2.45) is 0 Å². The molecule has 0 aromatic carbocycles. The Balaban J connectivity index is 2.35. The molecule has 0 aliphatic carbocycles. The molecule has 1 heterocycles. The molecule has 1 saturated heterocycles. The third-order valence-corrected chi connectivity index (χ3v) is 2.11. The summed E-state index contributed by atoms with van der Waals surface area (Å²) < 4.78 is 0. The minimum Gasteiger partial charge on any atom is -0.364 e. The number of hydrogen-bond donors (Lipinski definition) is 0. The number of rotatable bonds is 3. The molecule has 0 atom stereocenters. The van der Waals surface area contributed by atoms with Gasteiger partial charge in [-0.1, -0.05) is 13.0 Å². The van der Waals surface area contributed by atoms with E-state index < -0.39 is 0 Å². The first kappa shape index (κ1) is 10.3. The number of nitrogens with zero attached hydrogens (tertiary/aromatic N) is 1. The van der Waals surface area contributed by atoms with E-state index in [-0.39, 0.29) is 5.97 Å². The zero-order valence-electron chi connectivity index (χ0n) is 8.38. The van der Waals surface area contributed by atoms with E-state index in [1.807, 2.05) is 13.0 Å². The van der Waals surface area contributed by atoms with E-state index in [4.69, 9.17) is 4.84 Å². The molecule has 13 heavy (non-hydrogen) atoms. The van der Waals surface area contributed by atoms with Crippen LogP contribution in [0, 0.1) is 0 Å². The van der Waals surface area contributed by atoms with E-state index in [1.54, 1.807) is 12.0 Å². The molecule has 0 saturated carbocycles. The first-order valence-electron chi connectivity index (χ1n) is 4.88. The topological polar surface area (TPSA) is 29.5 Å². The van der Waals surface area contributed by atoms with Crippen LogP contribution in [0.1, 0.15) is 33.1 Å². The molecule has 0 amide bonds. The van der Waals surface area contributed by atoms with Gasteiger partial charge >= 0.3 is 5.97 Å². The second kappa shape index (κ2) is 5.02. The molecule has 0 aromatic rings. The van der Waals surface area contributed by atoms with Gasteiger partial charge in [-0.15, -0.1) is 5.06 Å². The van der Waals surface area contributed by atoms with Crippen LogP contribution in [0.25, 0.3) is 0 Å². The average molecular weight is 183 g/mol. The standard InChI is InChI=1S/C10H17NO2/c1-3-6-9(2)10(12)13-11-7-4-5-8-11/h6H,3-5,7-8H2,1-2H3. The van der Waals surface area contributed by atoms with Crippen LogP contribution in [0.3, 0.4) is 0 Å². The van der Waals surface area contributed by atoms with Gasteiger partial charge in [-0.3, -0.25) is 0 Å². The fourth-order valence-electron chi connectivity index (χ4n) is 1.36. The van der Waals surface area contributed by atoms with Crippen LogP contribution < -0.4 is 0 Å². The van der Waals surface area contributed by atoms with Crippen LogP contribution >= 0.6 is 0 Å². The second-order valence-electron chi connectivity index (χ2n) is 3.31. The van der Waals surface area contributed by atoms with Crippen LogP contribution in [0.15, 0.2) is 11.6 Å². The highest BCUT2D eigenvalue weighted by Gasteiger charge is 2.16. The molecule has 0 radical (unpaired) electrons. The quantitative estimate of drug-likeness (QED) is 0.626. The summed E-state index contributed by atoms with van der Waals surface area (Å²) in [6, 6.07) is 0. The summed E-state index contributed by atoms with van der Waals surface area (Å²) in [6.45, 7) is 5.56. The predicted octanol–water partition coefficient (Wildman–Crippen LogP) is 1.90. The molecule has 0 aromatic heterocycles. The summed E-state index contributed by atoms with van der Waals surface area (Å²) >= 11 is 0. The van der Waals surface area contributed by atoms with Crippen LogP contribution in [-0.2, 0) is 9.63 Å². The predicted molar refractivity (Wildman–Crippen MR) is 50.9 cm³/mol. The molecular formula is C10H17NO2. The third-order valence-electron chi connectivity index (χ3n) is 2.11. The summed E-state index contributed by atoms with van der Waals surface area (Å²) in [4.78, 5) is 16.5. The molecule has 0 spiro atoms. The van der Waals surface area contributed by atoms with Crippen LogP contribution in [0.4, 0.5) is 0 Å². The first-order chi connectivity index (χ1) is 6.24. The maximum Gasteiger partial charge on any atom is 0.352 e. The Kier molecular flexibility index (Phi) is 3.96. The van der Waals surface area contributed by atoms with Crippen LogP contribution in [0.2, 0.25) is 0 Å². The smallest absolute Gasteiger partial charge is 0.352 e. The molecule has 1 aliphatic rings. The SMILES string of the molecule is CCC=C(C)C(=O)ON1CCCC1. The van der Waals surface area contributed by atoms with Gasteiger partial charge in [-0.2, -0.15) is 0 Å². The number of hydrogen-bond acceptors (Lipinski definition) is 3. The second-order valence-corrected chi connectivity index (χ2v) is 3.31. The zero-order valence-corrected chi connectivity index (χ0v) is 8.38. The fourth-order valence-corrected chi connectivity index (χ4v) is 1.36. The lowest BCUT2D eigenvalue weighted by atomic mass is 10.2. The van der Waals surface area contributed by atoms with E-state index in [0.717, 1.165) is 32.4 Å². The summed E-state index contributed by atoms with van der Waals surface area (Å²) in [6.07, 6.45) is 5.02. The molecule has 0 N–H and O–H groups in total. The van der Waals surface area contributed by atoms with Crippen molar-refractivity contribution in [1.29, 1.82) is 0 Å². The van der Waals surface area contributed by atoms with Gasteiger partial charge in [0.25, 0.3) is 0 Å². The molecule has 1 aliphatic heterocycles. The maximum atomic E-state index is 11.4. The van der Waals surface area contributed by atoms with Crippen molar-refractivity contribution in [3.05, 3.63) is 11.6 Å². The lowest BCUT2D eigenvalue weighted by Crippen LogP contribution is -2.24. The fraction of sp³-hybridized carbons (Fsp3) is 0.700. The monoisotopic (exact) mass is 183 g/mol. The molecule has 0 unspecified atom stereocenters. The van der Waals surface area contributed by atoms with Crippen molar-refractivity contribution in [3.63, 3.8) is 0 Å². The highest BCUT2D eigenvalue weighted by molar-refractivity contribution is 5.87. The number of carbonyl (C=O) groups is 1. The molecule has 1 fully saturated rings. The average Bonchev–Trinajstić information content (AvgIpc) is 2.57. The van der Waals surface area contributed by atoms with Gasteiger partial charge in [0, 0.05) is 18.7 Å². The van der Waals surface area contributed by atoms with E-state index in [1.165, 1.54) is 0 Å². The Morgan fingerprint density at radius 1 is 1.46 bits per heavy atom. The maximum absolute atomic E-state index is 11.4. The van der Waals surface area contributed by atoms with Crippen molar-refractivity contribution < 1.29 is 9.63 Å². The van der Waals surface area contributed by atoms with Crippen LogP contribution in [0.5, 0.6) is 0 Å². The van der Waals surface area contributed by atoms with Crippen molar-refractivity contribution in [1.82, 2.24) is 5.06 Å². The van der Waals surface area contributed by atoms with Gasteiger partial charge in [0.05, 0.1) is 0 Å². The third kappa shape index (κ3) is 3.19. The van der Waals surface area contributed by atoms with E-state index >= 15 is 0 Å². The van der Waals surface area contributed by atoms with Gasteiger partial charge < -0.3 is 4.84 Å². The molecule has 0 bridgehead atoms. The van der Waals surface area contributed by atoms with Crippen LogP contribution in [-0.4, -0.2) is 24.1 Å². The molecular weight excluding hydrogens is 166 g/mol. The van der Waals surface area contributed by atoms with Crippen molar-refractivity contribution in [2.75, 3.05) is 13.1 Å². The van der Waals surface area contributed by atoms with Gasteiger partial charge in [-0.05, 0) is 26.2 Å². The molecule has 74 valence electrons. The van der Waals surface area contributed by atoms with Crippen molar-refractivity contribution in [2.45, 2.75) is 33.1 Å². The molecule has 3 heteroatoms. The Hall–Kier alpha value is -0.830. The van der Waals surface area contributed by atoms with E-state index in [0.29, 0.717) is 5.57 Å². The zero-order chi connectivity index (χ0) is 9.68.